The summed E-state index contributed by atoms with van der Waals surface area (Å²) in [6.07, 6.45) is 7.61. The highest BCUT2D eigenvalue weighted by atomic mass is 16.2. The van der Waals surface area contributed by atoms with Crippen LogP contribution in [0, 0.1) is 11.8 Å². The largest absolute Gasteiger partial charge is 0.326 e. The number of nitrogens with zero attached hydrogens (tertiary/aromatic N) is 1. The third-order valence-electron chi connectivity index (χ3n) is 4.58. The molecular weight excluding hydrogens is 248 g/mol. The molecule has 118 valence electrons. The molecule has 0 saturated carbocycles. The summed E-state index contributed by atoms with van der Waals surface area (Å²) < 4.78 is 0. The molecule has 1 heterocycles. The maximum absolute atomic E-state index is 12.4. The minimum Gasteiger partial charge on any atom is -0.326 e. The number of hydrogen-bond acceptors (Lipinski definition) is 2. The summed E-state index contributed by atoms with van der Waals surface area (Å²) in [6.45, 7) is 11.9. The fourth-order valence-corrected chi connectivity index (χ4v) is 2.93. The minimum absolute atomic E-state index is 0.0379. The second-order valence-electron chi connectivity index (χ2n) is 6.83. The molecule has 1 fully saturated rings. The van der Waals surface area contributed by atoms with E-state index in [1.54, 1.807) is 0 Å². The van der Waals surface area contributed by atoms with Crippen LogP contribution in [0.1, 0.15) is 73.1 Å². The molecule has 1 aliphatic heterocycles. The second kappa shape index (κ2) is 8.66. The van der Waals surface area contributed by atoms with Gasteiger partial charge in [0.15, 0.2) is 0 Å². The molecule has 0 aromatic heterocycles. The number of hydrogen-bond donors (Lipinski definition) is 1. The molecule has 3 atom stereocenters. The Morgan fingerprint density at radius 1 is 1.15 bits per heavy atom. The predicted molar refractivity (Wildman–Crippen MR) is 85.5 cm³/mol. The molecule has 0 aliphatic carbocycles. The molecule has 0 aromatic rings. The van der Waals surface area contributed by atoms with Gasteiger partial charge in [0, 0.05) is 6.54 Å². The fourth-order valence-electron chi connectivity index (χ4n) is 2.93. The van der Waals surface area contributed by atoms with Crippen LogP contribution in [0.2, 0.25) is 0 Å². The Bertz CT molecular complexity index is 291. The van der Waals surface area contributed by atoms with Gasteiger partial charge in [-0.3, -0.25) is 10.1 Å². The summed E-state index contributed by atoms with van der Waals surface area (Å²) in [6, 6.07) is 0.0379. The van der Waals surface area contributed by atoms with Crippen LogP contribution in [-0.4, -0.2) is 29.6 Å². The van der Waals surface area contributed by atoms with Crippen molar-refractivity contribution in [3.63, 3.8) is 0 Å². The second-order valence-corrected chi connectivity index (χ2v) is 6.83. The Kier molecular flexibility index (Phi) is 7.57. The Morgan fingerprint density at radius 2 is 1.80 bits per heavy atom. The maximum atomic E-state index is 12.4. The van der Waals surface area contributed by atoms with Crippen molar-refractivity contribution in [2.24, 2.45) is 11.8 Å². The van der Waals surface area contributed by atoms with Crippen LogP contribution in [-0.2, 0) is 4.79 Å². The standard InChI is InChI=1S/C17H34N2O/c1-6-14(4)16-17(20)19(15(5)18-16)12-10-8-7-9-11-13(2)3/h13-16,18H,6-12H2,1-5H3. The van der Waals surface area contributed by atoms with Gasteiger partial charge in [0.25, 0.3) is 0 Å². The lowest BCUT2D eigenvalue weighted by atomic mass is 9.99. The molecule has 0 bridgehead atoms. The van der Waals surface area contributed by atoms with E-state index in [2.05, 4.69) is 39.9 Å². The van der Waals surface area contributed by atoms with Gasteiger partial charge in [-0.1, -0.05) is 59.8 Å². The number of amides is 1. The minimum atomic E-state index is 0.0379. The number of carbonyl (C=O) groups excluding carboxylic acids is 1. The first kappa shape index (κ1) is 17.5. The predicted octanol–water partition coefficient (Wildman–Crippen LogP) is 3.79. The average Bonchev–Trinajstić information content (AvgIpc) is 2.68. The van der Waals surface area contributed by atoms with Crippen LogP contribution in [0.15, 0.2) is 0 Å². The molecule has 20 heavy (non-hydrogen) atoms. The summed E-state index contributed by atoms with van der Waals surface area (Å²) in [4.78, 5) is 14.4. The highest BCUT2D eigenvalue weighted by molar-refractivity contribution is 5.84. The van der Waals surface area contributed by atoms with Gasteiger partial charge >= 0.3 is 0 Å². The van der Waals surface area contributed by atoms with Crippen LogP contribution >= 0.6 is 0 Å². The lowest BCUT2D eigenvalue weighted by molar-refractivity contribution is -0.130. The van der Waals surface area contributed by atoms with Crippen LogP contribution < -0.4 is 5.32 Å². The van der Waals surface area contributed by atoms with Crippen molar-refractivity contribution in [3.8, 4) is 0 Å². The topological polar surface area (TPSA) is 32.3 Å². The van der Waals surface area contributed by atoms with E-state index >= 15 is 0 Å². The van der Waals surface area contributed by atoms with E-state index in [1.165, 1.54) is 25.7 Å². The number of unbranched alkanes of at least 4 members (excludes halogenated alkanes) is 3. The highest BCUT2D eigenvalue weighted by Gasteiger charge is 2.38. The molecule has 3 heteroatoms. The van der Waals surface area contributed by atoms with Gasteiger partial charge in [-0.05, 0) is 25.2 Å². The van der Waals surface area contributed by atoms with Gasteiger partial charge in [0.05, 0.1) is 12.2 Å². The summed E-state index contributed by atoms with van der Waals surface area (Å²) >= 11 is 0. The quantitative estimate of drug-likeness (QED) is 0.653. The van der Waals surface area contributed by atoms with Crippen LogP contribution in [0.4, 0.5) is 0 Å². The van der Waals surface area contributed by atoms with Crippen molar-refractivity contribution in [2.75, 3.05) is 6.54 Å². The first-order valence-corrected chi connectivity index (χ1v) is 8.53. The van der Waals surface area contributed by atoms with E-state index in [1.807, 2.05) is 4.90 Å². The van der Waals surface area contributed by atoms with Crippen molar-refractivity contribution in [2.45, 2.75) is 85.4 Å². The zero-order valence-electron chi connectivity index (χ0n) is 14.1. The maximum Gasteiger partial charge on any atom is 0.241 e. The molecule has 1 N–H and O–H groups in total. The normalized spacial score (nSPS) is 24.7. The van der Waals surface area contributed by atoms with Crippen LogP contribution in [0.5, 0.6) is 0 Å². The summed E-state index contributed by atoms with van der Waals surface area (Å²) in [5.74, 6) is 1.56. The van der Waals surface area contributed by atoms with E-state index in [4.69, 9.17) is 0 Å². The lowest BCUT2D eigenvalue weighted by Gasteiger charge is -2.21. The van der Waals surface area contributed by atoms with E-state index in [0.717, 1.165) is 25.3 Å². The van der Waals surface area contributed by atoms with Crippen molar-refractivity contribution in [1.29, 1.82) is 0 Å². The van der Waals surface area contributed by atoms with E-state index in [9.17, 15) is 4.79 Å². The molecule has 1 aliphatic rings. The average molecular weight is 282 g/mol. The third kappa shape index (κ3) is 5.08. The van der Waals surface area contributed by atoms with Gasteiger partial charge < -0.3 is 4.90 Å². The zero-order chi connectivity index (χ0) is 15.1. The number of rotatable bonds is 9. The van der Waals surface area contributed by atoms with Gasteiger partial charge in [0.1, 0.15) is 0 Å². The summed E-state index contributed by atoms with van der Waals surface area (Å²) in [5, 5.41) is 3.45. The van der Waals surface area contributed by atoms with Crippen molar-refractivity contribution in [3.05, 3.63) is 0 Å². The van der Waals surface area contributed by atoms with E-state index in [-0.39, 0.29) is 12.2 Å². The highest BCUT2D eigenvalue weighted by Crippen LogP contribution is 2.20. The third-order valence-corrected chi connectivity index (χ3v) is 4.58. The smallest absolute Gasteiger partial charge is 0.241 e. The molecule has 0 aromatic carbocycles. The molecule has 3 unspecified atom stereocenters. The SMILES string of the molecule is CCC(C)C1NC(C)N(CCCCCCC(C)C)C1=O. The van der Waals surface area contributed by atoms with Crippen LogP contribution in [0.25, 0.3) is 0 Å². The van der Waals surface area contributed by atoms with E-state index < -0.39 is 0 Å². The molecule has 1 saturated heterocycles. The monoisotopic (exact) mass is 282 g/mol. The zero-order valence-corrected chi connectivity index (χ0v) is 14.1. The molecule has 0 radical (unpaired) electrons. The van der Waals surface area contributed by atoms with Gasteiger partial charge in [-0.2, -0.15) is 0 Å². The Balaban J connectivity index is 2.25. The summed E-state index contributed by atoms with van der Waals surface area (Å²) in [7, 11) is 0. The molecular formula is C17H34N2O. The first-order valence-electron chi connectivity index (χ1n) is 8.53. The van der Waals surface area contributed by atoms with Gasteiger partial charge in [-0.25, -0.2) is 0 Å². The Hall–Kier alpha value is -0.570. The summed E-state index contributed by atoms with van der Waals surface area (Å²) in [5.41, 5.74) is 0. The Labute approximate surface area is 125 Å². The number of nitrogens with one attached hydrogen (secondary N) is 1. The van der Waals surface area contributed by atoms with E-state index in [0.29, 0.717) is 11.8 Å². The van der Waals surface area contributed by atoms with Gasteiger partial charge in [-0.15, -0.1) is 0 Å². The van der Waals surface area contributed by atoms with Crippen molar-refractivity contribution < 1.29 is 4.79 Å². The molecule has 3 nitrogen and oxygen atoms in total. The van der Waals surface area contributed by atoms with Crippen molar-refractivity contribution in [1.82, 2.24) is 10.2 Å². The van der Waals surface area contributed by atoms with Gasteiger partial charge in [0.2, 0.25) is 5.91 Å². The molecule has 0 spiro atoms. The lowest BCUT2D eigenvalue weighted by Crippen LogP contribution is -2.35. The number of carbonyl (C=O) groups is 1. The van der Waals surface area contributed by atoms with Crippen LogP contribution in [0.3, 0.4) is 0 Å². The molecule has 1 rings (SSSR count). The fraction of sp³-hybridized carbons (Fsp3) is 0.941. The van der Waals surface area contributed by atoms with Crippen molar-refractivity contribution >= 4 is 5.91 Å². The Morgan fingerprint density at radius 3 is 2.40 bits per heavy atom. The molecule has 1 amide bonds. The first-order chi connectivity index (χ1) is 9.47.